The summed E-state index contributed by atoms with van der Waals surface area (Å²) in [4.78, 5) is 0. The van der Waals surface area contributed by atoms with Gasteiger partial charge in [-0.2, -0.15) is 0 Å². The van der Waals surface area contributed by atoms with Crippen molar-refractivity contribution in [3.63, 3.8) is 0 Å². The van der Waals surface area contributed by atoms with Crippen LogP contribution in [0.1, 0.15) is 25.5 Å². The Morgan fingerprint density at radius 2 is 2.29 bits per heavy atom. The van der Waals surface area contributed by atoms with E-state index in [-0.39, 0.29) is 12.6 Å². The van der Waals surface area contributed by atoms with E-state index in [9.17, 15) is 4.39 Å². The molecule has 94 valence electrons. The van der Waals surface area contributed by atoms with Crippen molar-refractivity contribution < 1.29 is 9.13 Å². The molecular weight excluding hydrogens is 287 g/mol. The van der Waals surface area contributed by atoms with Gasteiger partial charge in [-0.25, -0.2) is 4.39 Å². The number of ether oxygens (including phenoxy) is 1. The Labute approximate surface area is 109 Å². The Kier molecular flexibility index (Phi) is 5.41. The first kappa shape index (κ1) is 14.0. The Balaban J connectivity index is 2.77. The van der Waals surface area contributed by atoms with Crippen molar-refractivity contribution in [2.75, 3.05) is 13.3 Å². The quantitative estimate of drug-likeness (QED) is 0.646. The number of hydrogen-bond acceptors (Lipinski definition) is 2. The zero-order valence-corrected chi connectivity index (χ0v) is 11.5. The van der Waals surface area contributed by atoms with E-state index in [4.69, 9.17) is 10.1 Å². The first-order valence-corrected chi connectivity index (χ1v) is 6.13. The van der Waals surface area contributed by atoms with Gasteiger partial charge >= 0.3 is 0 Å². The van der Waals surface area contributed by atoms with E-state index < -0.39 is 6.67 Å². The molecule has 0 saturated carbocycles. The number of nitrogens with one attached hydrogen (secondary N) is 2. The van der Waals surface area contributed by atoms with Crippen molar-refractivity contribution in [1.29, 1.82) is 5.41 Å². The molecule has 17 heavy (non-hydrogen) atoms. The Morgan fingerprint density at radius 3 is 2.82 bits per heavy atom. The van der Waals surface area contributed by atoms with E-state index in [0.29, 0.717) is 11.6 Å². The minimum Gasteiger partial charge on any atom is -0.490 e. The monoisotopic (exact) mass is 302 g/mol. The standard InChI is InChI=1S/C12H16BrFN2O/c1-8(16-9(2)15)10-3-4-12(11(13)7-10)17-6-5-14/h3-4,7-8H,5-6H2,1-2H3,(H2,15,16). The molecule has 1 aromatic carbocycles. The van der Waals surface area contributed by atoms with Gasteiger partial charge in [0.25, 0.3) is 0 Å². The fourth-order valence-electron chi connectivity index (χ4n) is 1.46. The first-order valence-electron chi connectivity index (χ1n) is 5.34. The number of hydrogen-bond donors (Lipinski definition) is 2. The lowest BCUT2D eigenvalue weighted by Gasteiger charge is -2.16. The van der Waals surface area contributed by atoms with Crippen LogP contribution in [0.15, 0.2) is 22.7 Å². The molecule has 0 aliphatic heterocycles. The number of halogens is 2. The van der Waals surface area contributed by atoms with Crippen LogP contribution in [0.5, 0.6) is 5.75 Å². The van der Waals surface area contributed by atoms with E-state index in [0.717, 1.165) is 10.0 Å². The van der Waals surface area contributed by atoms with Crippen molar-refractivity contribution in [2.24, 2.45) is 0 Å². The normalized spacial score (nSPS) is 12.0. The van der Waals surface area contributed by atoms with Crippen LogP contribution < -0.4 is 10.1 Å². The lowest BCUT2D eigenvalue weighted by Crippen LogP contribution is -2.23. The second-order valence-electron chi connectivity index (χ2n) is 3.72. The maximum absolute atomic E-state index is 12.0. The number of alkyl halides is 1. The molecule has 1 atom stereocenters. The first-order chi connectivity index (χ1) is 8.04. The van der Waals surface area contributed by atoms with Gasteiger partial charge in [0.15, 0.2) is 0 Å². The average Bonchev–Trinajstić information content (AvgIpc) is 2.26. The molecule has 2 N–H and O–H groups in total. The third kappa shape index (κ3) is 4.34. The van der Waals surface area contributed by atoms with Crippen molar-refractivity contribution in [3.8, 4) is 5.75 Å². The molecule has 0 aromatic heterocycles. The smallest absolute Gasteiger partial charge is 0.133 e. The maximum Gasteiger partial charge on any atom is 0.133 e. The number of rotatable bonds is 5. The summed E-state index contributed by atoms with van der Waals surface area (Å²) < 4.78 is 18.0. The van der Waals surface area contributed by atoms with Crippen LogP contribution in [-0.4, -0.2) is 19.1 Å². The molecule has 0 aliphatic carbocycles. The Morgan fingerprint density at radius 1 is 1.59 bits per heavy atom. The van der Waals surface area contributed by atoms with E-state index in [1.54, 1.807) is 13.0 Å². The zero-order valence-electron chi connectivity index (χ0n) is 9.89. The van der Waals surface area contributed by atoms with E-state index in [1.165, 1.54) is 0 Å². The lowest BCUT2D eigenvalue weighted by atomic mass is 10.1. The second-order valence-corrected chi connectivity index (χ2v) is 4.57. The van der Waals surface area contributed by atoms with Crippen LogP contribution in [0.4, 0.5) is 4.39 Å². The predicted octanol–water partition coefficient (Wildman–Crippen LogP) is 3.45. The van der Waals surface area contributed by atoms with Crippen molar-refractivity contribution in [3.05, 3.63) is 28.2 Å². The third-order valence-electron chi connectivity index (χ3n) is 2.22. The molecule has 0 aliphatic rings. The summed E-state index contributed by atoms with van der Waals surface area (Å²) in [5.41, 5.74) is 1.04. The number of amidine groups is 1. The average molecular weight is 303 g/mol. The summed E-state index contributed by atoms with van der Waals surface area (Å²) in [5.74, 6) is 1.05. The molecule has 5 heteroatoms. The SMILES string of the molecule is CC(=N)NC(C)c1ccc(OCCF)c(Br)c1. The molecule has 3 nitrogen and oxygen atoms in total. The van der Waals surface area contributed by atoms with Gasteiger partial charge in [-0.1, -0.05) is 6.07 Å². The largest absolute Gasteiger partial charge is 0.490 e. The molecule has 0 heterocycles. The Hall–Kier alpha value is -1.10. The van der Waals surface area contributed by atoms with Gasteiger partial charge in [0.05, 0.1) is 10.3 Å². The van der Waals surface area contributed by atoms with Crippen LogP contribution in [0, 0.1) is 5.41 Å². The number of benzene rings is 1. The van der Waals surface area contributed by atoms with Gasteiger partial charge < -0.3 is 10.1 Å². The molecule has 0 radical (unpaired) electrons. The Bertz CT molecular complexity index is 398. The topological polar surface area (TPSA) is 45.1 Å². The highest BCUT2D eigenvalue weighted by Gasteiger charge is 2.08. The van der Waals surface area contributed by atoms with Gasteiger partial charge in [-0.05, 0) is 47.5 Å². The highest BCUT2D eigenvalue weighted by atomic mass is 79.9. The minimum atomic E-state index is -0.501. The molecule has 0 saturated heterocycles. The van der Waals surface area contributed by atoms with Crippen LogP contribution >= 0.6 is 15.9 Å². The highest BCUT2D eigenvalue weighted by molar-refractivity contribution is 9.10. The van der Waals surface area contributed by atoms with E-state index >= 15 is 0 Å². The van der Waals surface area contributed by atoms with E-state index in [1.807, 2.05) is 19.1 Å². The fourth-order valence-corrected chi connectivity index (χ4v) is 1.97. The molecule has 0 amide bonds. The van der Waals surface area contributed by atoms with Gasteiger partial charge in [0.2, 0.25) is 0 Å². The summed E-state index contributed by atoms with van der Waals surface area (Å²) >= 11 is 3.38. The van der Waals surface area contributed by atoms with E-state index in [2.05, 4.69) is 21.2 Å². The van der Waals surface area contributed by atoms with Crippen molar-refractivity contribution >= 4 is 21.8 Å². The molecule has 1 unspecified atom stereocenters. The van der Waals surface area contributed by atoms with Crippen LogP contribution in [-0.2, 0) is 0 Å². The van der Waals surface area contributed by atoms with Gasteiger partial charge in [-0.15, -0.1) is 0 Å². The van der Waals surface area contributed by atoms with Gasteiger partial charge in [-0.3, -0.25) is 5.41 Å². The zero-order chi connectivity index (χ0) is 12.8. The highest BCUT2D eigenvalue weighted by Crippen LogP contribution is 2.28. The van der Waals surface area contributed by atoms with Crippen molar-refractivity contribution in [2.45, 2.75) is 19.9 Å². The lowest BCUT2D eigenvalue weighted by molar-refractivity contribution is 0.272. The minimum absolute atomic E-state index is 0.0547. The van der Waals surface area contributed by atoms with Crippen LogP contribution in [0.25, 0.3) is 0 Å². The third-order valence-corrected chi connectivity index (χ3v) is 2.84. The summed E-state index contributed by atoms with van der Waals surface area (Å²) in [7, 11) is 0. The predicted molar refractivity (Wildman–Crippen MR) is 70.6 cm³/mol. The second kappa shape index (κ2) is 6.59. The van der Waals surface area contributed by atoms with Gasteiger partial charge in [0, 0.05) is 6.04 Å². The molecule has 0 fully saturated rings. The van der Waals surface area contributed by atoms with Crippen LogP contribution in [0.2, 0.25) is 0 Å². The van der Waals surface area contributed by atoms with Crippen molar-refractivity contribution in [1.82, 2.24) is 5.32 Å². The molecule has 0 spiro atoms. The molecule has 1 aromatic rings. The molecular formula is C12H16BrFN2O. The summed E-state index contributed by atoms with van der Waals surface area (Å²) in [6.45, 7) is 3.23. The molecule has 0 bridgehead atoms. The summed E-state index contributed by atoms with van der Waals surface area (Å²) in [5, 5.41) is 10.4. The fraction of sp³-hybridized carbons (Fsp3) is 0.417. The maximum atomic E-state index is 12.0. The summed E-state index contributed by atoms with van der Waals surface area (Å²) in [6.07, 6.45) is 0. The van der Waals surface area contributed by atoms with Crippen LogP contribution in [0.3, 0.4) is 0 Å². The summed E-state index contributed by atoms with van der Waals surface area (Å²) in [6, 6.07) is 5.67. The van der Waals surface area contributed by atoms with Gasteiger partial charge in [0.1, 0.15) is 19.0 Å². The molecule has 1 rings (SSSR count).